The second kappa shape index (κ2) is 8.09. The van der Waals surface area contributed by atoms with Gasteiger partial charge >= 0.3 is 5.97 Å². The fourth-order valence-corrected chi connectivity index (χ4v) is 1.54. The van der Waals surface area contributed by atoms with Crippen molar-refractivity contribution < 1.29 is 9.53 Å². The molecule has 0 amide bonds. The van der Waals surface area contributed by atoms with E-state index >= 15 is 0 Å². The SMILES string of the molecule is CC(=O)OC(CCN(C)C)c1ccccc1.Cl. The number of benzene rings is 1. The largest absolute Gasteiger partial charge is 0.458 e. The quantitative estimate of drug-likeness (QED) is 0.760. The number of halogens is 1. The van der Waals surface area contributed by atoms with Gasteiger partial charge < -0.3 is 9.64 Å². The van der Waals surface area contributed by atoms with Gasteiger partial charge in [-0.15, -0.1) is 12.4 Å². The zero-order chi connectivity index (χ0) is 12.0. The van der Waals surface area contributed by atoms with Crippen molar-refractivity contribution >= 4 is 18.4 Å². The van der Waals surface area contributed by atoms with Crippen LogP contribution in [0.3, 0.4) is 0 Å². The lowest BCUT2D eigenvalue weighted by molar-refractivity contribution is -0.147. The number of nitrogens with zero attached hydrogens (tertiary/aromatic N) is 1. The Labute approximate surface area is 109 Å². The molecule has 0 aromatic heterocycles. The highest BCUT2D eigenvalue weighted by Gasteiger charge is 2.14. The van der Waals surface area contributed by atoms with Crippen LogP contribution >= 0.6 is 12.4 Å². The van der Waals surface area contributed by atoms with Crippen molar-refractivity contribution in [2.75, 3.05) is 20.6 Å². The van der Waals surface area contributed by atoms with Gasteiger partial charge in [0, 0.05) is 19.9 Å². The Morgan fingerprint density at radius 2 is 1.88 bits per heavy atom. The van der Waals surface area contributed by atoms with Gasteiger partial charge in [0.1, 0.15) is 6.10 Å². The molecule has 1 unspecified atom stereocenters. The van der Waals surface area contributed by atoms with E-state index in [1.165, 1.54) is 6.92 Å². The molecule has 0 saturated heterocycles. The second-order valence-electron chi connectivity index (χ2n) is 4.10. The van der Waals surface area contributed by atoms with Crippen molar-refractivity contribution in [2.45, 2.75) is 19.4 Å². The third-order valence-electron chi connectivity index (χ3n) is 2.32. The zero-order valence-corrected chi connectivity index (χ0v) is 11.4. The molecule has 0 aliphatic heterocycles. The van der Waals surface area contributed by atoms with Crippen LogP contribution in [0.4, 0.5) is 0 Å². The van der Waals surface area contributed by atoms with Crippen molar-refractivity contribution in [2.24, 2.45) is 0 Å². The van der Waals surface area contributed by atoms with Crippen LogP contribution in [-0.2, 0) is 9.53 Å². The molecule has 0 radical (unpaired) electrons. The molecule has 1 atom stereocenters. The van der Waals surface area contributed by atoms with Gasteiger partial charge in [0.05, 0.1) is 0 Å². The van der Waals surface area contributed by atoms with Crippen molar-refractivity contribution in [1.82, 2.24) is 4.90 Å². The normalized spacial score (nSPS) is 11.8. The number of carbonyl (C=O) groups excluding carboxylic acids is 1. The lowest BCUT2D eigenvalue weighted by atomic mass is 10.1. The molecule has 0 saturated carbocycles. The summed E-state index contributed by atoms with van der Waals surface area (Å²) in [5.74, 6) is -0.229. The summed E-state index contributed by atoms with van der Waals surface area (Å²) in [6.45, 7) is 2.35. The Balaban J connectivity index is 0.00000256. The average molecular weight is 258 g/mol. The van der Waals surface area contributed by atoms with Crippen LogP contribution < -0.4 is 0 Å². The molecule has 0 aliphatic rings. The van der Waals surface area contributed by atoms with E-state index in [1.54, 1.807) is 0 Å². The summed E-state index contributed by atoms with van der Waals surface area (Å²) >= 11 is 0. The molecule has 96 valence electrons. The monoisotopic (exact) mass is 257 g/mol. The molecule has 1 aromatic rings. The number of hydrogen-bond acceptors (Lipinski definition) is 3. The second-order valence-corrected chi connectivity index (χ2v) is 4.10. The van der Waals surface area contributed by atoms with Crippen molar-refractivity contribution in [3.63, 3.8) is 0 Å². The molecule has 0 fully saturated rings. The summed E-state index contributed by atoms with van der Waals surface area (Å²) in [5.41, 5.74) is 1.06. The van der Waals surface area contributed by atoms with E-state index in [4.69, 9.17) is 4.74 Å². The van der Waals surface area contributed by atoms with Gasteiger partial charge in [0.2, 0.25) is 0 Å². The molecule has 0 aliphatic carbocycles. The van der Waals surface area contributed by atoms with Gasteiger partial charge in [-0.2, -0.15) is 0 Å². The predicted octanol–water partition coefficient (Wildman–Crippen LogP) is 2.66. The van der Waals surface area contributed by atoms with E-state index in [2.05, 4.69) is 4.90 Å². The molecule has 1 aromatic carbocycles. The Kier molecular flexibility index (Phi) is 7.59. The molecule has 1 rings (SSSR count). The molecule has 0 heterocycles. The number of carbonyl (C=O) groups is 1. The first-order valence-electron chi connectivity index (χ1n) is 5.46. The highest BCUT2D eigenvalue weighted by atomic mass is 35.5. The molecule has 0 bridgehead atoms. The average Bonchev–Trinajstić information content (AvgIpc) is 2.25. The minimum atomic E-state index is -0.229. The first-order chi connectivity index (χ1) is 7.59. The summed E-state index contributed by atoms with van der Waals surface area (Å²) in [4.78, 5) is 13.1. The zero-order valence-electron chi connectivity index (χ0n) is 10.6. The van der Waals surface area contributed by atoms with E-state index < -0.39 is 0 Å². The summed E-state index contributed by atoms with van der Waals surface area (Å²) in [7, 11) is 4.02. The molecular weight excluding hydrogens is 238 g/mol. The van der Waals surface area contributed by atoms with E-state index in [9.17, 15) is 4.79 Å². The maximum absolute atomic E-state index is 11.0. The van der Waals surface area contributed by atoms with E-state index in [1.807, 2.05) is 44.4 Å². The van der Waals surface area contributed by atoms with Crippen LogP contribution in [0.2, 0.25) is 0 Å². The van der Waals surface area contributed by atoms with Crippen LogP contribution in [0.1, 0.15) is 25.0 Å². The first-order valence-corrected chi connectivity index (χ1v) is 5.46. The third kappa shape index (κ3) is 6.29. The lowest BCUT2D eigenvalue weighted by Crippen LogP contribution is -2.18. The Morgan fingerprint density at radius 3 is 2.35 bits per heavy atom. The Hall–Kier alpha value is -1.06. The van der Waals surface area contributed by atoms with Crippen molar-refractivity contribution in [3.8, 4) is 0 Å². The lowest BCUT2D eigenvalue weighted by Gasteiger charge is -2.19. The smallest absolute Gasteiger partial charge is 0.303 e. The van der Waals surface area contributed by atoms with Gasteiger partial charge in [-0.1, -0.05) is 30.3 Å². The standard InChI is InChI=1S/C13H19NO2.ClH/c1-11(15)16-13(9-10-14(2)3)12-7-5-4-6-8-12;/h4-8,13H,9-10H2,1-3H3;1H. The molecule has 17 heavy (non-hydrogen) atoms. The number of esters is 1. The van der Waals surface area contributed by atoms with Crippen LogP contribution in [0.5, 0.6) is 0 Å². The van der Waals surface area contributed by atoms with Gasteiger partial charge in [0.15, 0.2) is 0 Å². The number of ether oxygens (including phenoxy) is 1. The minimum absolute atomic E-state index is 0. The molecule has 0 N–H and O–H groups in total. The third-order valence-corrected chi connectivity index (χ3v) is 2.32. The van der Waals surface area contributed by atoms with Crippen molar-refractivity contribution in [3.05, 3.63) is 35.9 Å². The first kappa shape index (κ1) is 15.9. The summed E-state index contributed by atoms with van der Waals surface area (Å²) in [6, 6.07) is 9.86. The Morgan fingerprint density at radius 1 is 1.29 bits per heavy atom. The number of hydrogen-bond donors (Lipinski definition) is 0. The summed E-state index contributed by atoms with van der Waals surface area (Å²) in [6.07, 6.45) is 0.678. The van der Waals surface area contributed by atoms with Crippen LogP contribution in [0, 0.1) is 0 Å². The van der Waals surface area contributed by atoms with Gasteiger partial charge in [-0.3, -0.25) is 4.79 Å². The highest BCUT2D eigenvalue weighted by Crippen LogP contribution is 2.21. The van der Waals surface area contributed by atoms with E-state index in [0.29, 0.717) is 0 Å². The Bertz CT molecular complexity index is 327. The highest BCUT2D eigenvalue weighted by molar-refractivity contribution is 5.85. The van der Waals surface area contributed by atoms with Gasteiger partial charge in [-0.25, -0.2) is 0 Å². The number of rotatable bonds is 5. The molecule has 3 nitrogen and oxygen atoms in total. The van der Waals surface area contributed by atoms with E-state index in [0.717, 1.165) is 18.5 Å². The predicted molar refractivity (Wildman–Crippen MR) is 71.4 cm³/mol. The maximum Gasteiger partial charge on any atom is 0.303 e. The van der Waals surface area contributed by atoms with E-state index in [-0.39, 0.29) is 24.5 Å². The van der Waals surface area contributed by atoms with Crippen LogP contribution in [-0.4, -0.2) is 31.5 Å². The topological polar surface area (TPSA) is 29.5 Å². The van der Waals surface area contributed by atoms with Crippen LogP contribution in [0.25, 0.3) is 0 Å². The van der Waals surface area contributed by atoms with Crippen molar-refractivity contribution in [1.29, 1.82) is 0 Å². The molecular formula is C13H20ClNO2. The molecule has 0 spiro atoms. The van der Waals surface area contributed by atoms with Gasteiger partial charge in [0.25, 0.3) is 0 Å². The minimum Gasteiger partial charge on any atom is -0.458 e. The van der Waals surface area contributed by atoms with Crippen LogP contribution in [0.15, 0.2) is 30.3 Å². The summed E-state index contributed by atoms with van der Waals surface area (Å²) in [5, 5.41) is 0. The molecule has 4 heteroatoms. The van der Waals surface area contributed by atoms with Gasteiger partial charge in [-0.05, 0) is 19.7 Å². The maximum atomic E-state index is 11.0. The summed E-state index contributed by atoms with van der Waals surface area (Å²) < 4.78 is 5.32. The fourth-order valence-electron chi connectivity index (χ4n) is 1.54. The fraction of sp³-hybridized carbons (Fsp3) is 0.462.